The van der Waals surface area contributed by atoms with Gasteiger partial charge in [0.15, 0.2) is 0 Å². The summed E-state index contributed by atoms with van der Waals surface area (Å²) >= 11 is 0. The fourth-order valence-corrected chi connectivity index (χ4v) is 2.70. The van der Waals surface area contributed by atoms with Crippen LogP contribution in [-0.2, 0) is 4.79 Å². The van der Waals surface area contributed by atoms with Gasteiger partial charge in [0.1, 0.15) is 5.75 Å². The van der Waals surface area contributed by atoms with Crippen LogP contribution in [0.15, 0.2) is 42.1 Å². The van der Waals surface area contributed by atoms with Gasteiger partial charge in [-0.25, -0.2) is 0 Å². The van der Waals surface area contributed by atoms with Crippen LogP contribution in [0, 0.1) is 5.41 Å². The molecule has 4 nitrogen and oxygen atoms in total. The number of ether oxygens (including phenoxy) is 1. The maximum atomic E-state index is 11.9. The molecule has 1 fully saturated rings. The SMILES string of the molecule is CC(C)Oc1cc(/C=C2\NNC(=O)C2(C)C)c2ccccc2c1. The van der Waals surface area contributed by atoms with Gasteiger partial charge in [-0.2, -0.15) is 0 Å². The minimum absolute atomic E-state index is 0.0253. The standard InChI is InChI=1S/C19H22N2O2/c1-12(2)23-15-9-13-7-5-6-8-16(13)14(10-15)11-17-19(3,4)18(22)21-20-17/h5-12,20H,1-4H3,(H,21,22)/b17-11-. The zero-order chi connectivity index (χ0) is 16.6. The number of nitrogens with one attached hydrogen (secondary N) is 2. The number of hydrogen-bond donors (Lipinski definition) is 2. The molecule has 1 aliphatic rings. The number of hydrogen-bond acceptors (Lipinski definition) is 3. The Balaban J connectivity index is 2.14. The van der Waals surface area contributed by atoms with E-state index in [1.54, 1.807) is 0 Å². The maximum Gasteiger partial charge on any atom is 0.249 e. The highest BCUT2D eigenvalue weighted by Gasteiger charge is 2.37. The fraction of sp³-hybridized carbons (Fsp3) is 0.316. The van der Waals surface area contributed by atoms with Gasteiger partial charge < -0.3 is 10.2 Å². The number of hydrazine groups is 1. The quantitative estimate of drug-likeness (QED) is 0.910. The number of carbonyl (C=O) groups excluding carboxylic acids is 1. The van der Waals surface area contributed by atoms with E-state index in [9.17, 15) is 4.79 Å². The Kier molecular flexibility index (Phi) is 3.76. The monoisotopic (exact) mass is 310 g/mol. The number of fused-ring (bicyclic) bond motifs is 1. The summed E-state index contributed by atoms with van der Waals surface area (Å²) in [5.74, 6) is 0.809. The second kappa shape index (κ2) is 5.61. The van der Waals surface area contributed by atoms with Gasteiger partial charge in [0.05, 0.1) is 11.5 Å². The molecule has 120 valence electrons. The Morgan fingerprint density at radius 1 is 1.13 bits per heavy atom. The molecule has 1 amide bonds. The first-order chi connectivity index (χ1) is 10.9. The van der Waals surface area contributed by atoms with E-state index in [4.69, 9.17) is 4.74 Å². The van der Waals surface area contributed by atoms with Gasteiger partial charge in [-0.15, -0.1) is 0 Å². The smallest absolute Gasteiger partial charge is 0.249 e. The highest BCUT2D eigenvalue weighted by molar-refractivity contribution is 5.94. The molecule has 3 rings (SSSR count). The van der Waals surface area contributed by atoms with Crippen LogP contribution in [-0.4, -0.2) is 12.0 Å². The summed E-state index contributed by atoms with van der Waals surface area (Å²) in [6.07, 6.45) is 2.13. The molecule has 2 N–H and O–H groups in total. The highest BCUT2D eigenvalue weighted by Crippen LogP contribution is 2.33. The van der Waals surface area contributed by atoms with Gasteiger partial charge in [0.2, 0.25) is 5.91 Å². The third-order valence-corrected chi connectivity index (χ3v) is 4.09. The van der Waals surface area contributed by atoms with E-state index in [0.717, 1.165) is 27.8 Å². The molecule has 0 aromatic heterocycles. The van der Waals surface area contributed by atoms with Crippen molar-refractivity contribution in [2.75, 3.05) is 0 Å². The molecule has 1 saturated heterocycles. The Morgan fingerprint density at radius 2 is 1.87 bits per heavy atom. The number of rotatable bonds is 3. The largest absolute Gasteiger partial charge is 0.491 e. The van der Waals surface area contributed by atoms with Crippen LogP contribution in [0.3, 0.4) is 0 Å². The van der Waals surface area contributed by atoms with Crippen LogP contribution >= 0.6 is 0 Å². The van der Waals surface area contributed by atoms with Crippen LogP contribution in [0.25, 0.3) is 16.8 Å². The van der Waals surface area contributed by atoms with E-state index in [0.29, 0.717) is 0 Å². The Hall–Kier alpha value is -2.49. The van der Waals surface area contributed by atoms with Crippen molar-refractivity contribution in [2.45, 2.75) is 33.8 Å². The molecule has 0 aliphatic carbocycles. The van der Waals surface area contributed by atoms with Crippen LogP contribution < -0.4 is 15.6 Å². The van der Waals surface area contributed by atoms with Crippen molar-refractivity contribution in [3.05, 3.63) is 47.7 Å². The molecule has 0 atom stereocenters. The first kappa shape index (κ1) is 15.4. The van der Waals surface area contributed by atoms with Crippen LogP contribution in [0.4, 0.5) is 0 Å². The average molecular weight is 310 g/mol. The van der Waals surface area contributed by atoms with Gasteiger partial charge in [-0.3, -0.25) is 10.2 Å². The van der Waals surface area contributed by atoms with Crippen LogP contribution in [0.5, 0.6) is 5.75 Å². The summed E-state index contributed by atoms with van der Waals surface area (Å²) < 4.78 is 5.87. The first-order valence-corrected chi connectivity index (χ1v) is 7.86. The minimum Gasteiger partial charge on any atom is -0.491 e. The van der Waals surface area contributed by atoms with Crippen molar-refractivity contribution in [1.29, 1.82) is 0 Å². The molecular formula is C19H22N2O2. The molecule has 1 heterocycles. The van der Waals surface area contributed by atoms with Crippen LogP contribution in [0.1, 0.15) is 33.3 Å². The van der Waals surface area contributed by atoms with E-state index in [2.05, 4.69) is 23.0 Å². The lowest BCUT2D eigenvalue weighted by Crippen LogP contribution is -2.28. The van der Waals surface area contributed by atoms with Crippen molar-refractivity contribution < 1.29 is 9.53 Å². The summed E-state index contributed by atoms with van der Waals surface area (Å²) in [4.78, 5) is 11.9. The average Bonchev–Trinajstić information content (AvgIpc) is 2.73. The molecule has 0 bridgehead atoms. The summed E-state index contributed by atoms with van der Waals surface area (Å²) in [6, 6.07) is 12.3. The van der Waals surface area contributed by atoms with Gasteiger partial charge in [-0.1, -0.05) is 24.3 Å². The molecular weight excluding hydrogens is 288 g/mol. The highest BCUT2D eigenvalue weighted by atomic mass is 16.5. The van der Waals surface area contributed by atoms with E-state index in [1.807, 2.05) is 58.0 Å². The summed E-state index contributed by atoms with van der Waals surface area (Å²) in [7, 11) is 0. The van der Waals surface area contributed by atoms with E-state index >= 15 is 0 Å². The molecule has 23 heavy (non-hydrogen) atoms. The van der Waals surface area contributed by atoms with Crippen molar-refractivity contribution in [3.8, 4) is 5.75 Å². The molecule has 1 aliphatic heterocycles. The zero-order valence-corrected chi connectivity index (χ0v) is 13.9. The predicted octanol–water partition coefficient (Wildman–Crippen LogP) is 3.63. The van der Waals surface area contributed by atoms with Gasteiger partial charge in [0, 0.05) is 5.70 Å². The lowest BCUT2D eigenvalue weighted by atomic mass is 9.88. The molecule has 0 saturated carbocycles. The summed E-state index contributed by atoms with van der Waals surface area (Å²) in [5, 5.41) is 2.25. The lowest BCUT2D eigenvalue weighted by Gasteiger charge is -2.16. The third kappa shape index (κ3) is 2.89. The van der Waals surface area contributed by atoms with Crippen molar-refractivity contribution in [2.24, 2.45) is 5.41 Å². The molecule has 0 spiro atoms. The van der Waals surface area contributed by atoms with Crippen LogP contribution in [0.2, 0.25) is 0 Å². The normalized spacial score (nSPS) is 18.3. The van der Waals surface area contributed by atoms with Crippen molar-refractivity contribution in [3.63, 3.8) is 0 Å². The number of amides is 1. The maximum absolute atomic E-state index is 11.9. The minimum atomic E-state index is -0.573. The Bertz CT molecular complexity index is 791. The molecule has 0 unspecified atom stereocenters. The zero-order valence-electron chi connectivity index (χ0n) is 13.9. The topological polar surface area (TPSA) is 50.4 Å². The van der Waals surface area contributed by atoms with E-state index in [1.165, 1.54) is 0 Å². The lowest BCUT2D eigenvalue weighted by molar-refractivity contribution is -0.125. The van der Waals surface area contributed by atoms with Crippen molar-refractivity contribution in [1.82, 2.24) is 10.9 Å². The second-order valence-electron chi connectivity index (χ2n) is 6.66. The van der Waals surface area contributed by atoms with Crippen molar-refractivity contribution >= 4 is 22.8 Å². The summed E-state index contributed by atoms with van der Waals surface area (Å²) in [6.45, 7) is 7.84. The van der Waals surface area contributed by atoms with Gasteiger partial charge in [0.25, 0.3) is 0 Å². The third-order valence-electron chi connectivity index (χ3n) is 4.09. The van der Waals surface area contributed by atoms with E-state index in [-0.39, 0.29) is 12.0 Å². The second-order valence-corrected chi connectivity index (χ2v) is 6.66. The Labute approximate surface area is 136 Å². The Morgan fingerprint density at radius 3 is 2.52 bits per heavy atom. The predicted molar refractivity (Wildman–Crippen MR) is 92.7 cm³/mol. The molecule has 2 aromatic carbocycles. The summed E-state index contributed by atoms with van der Waals surface area (Å²) in [5.41, 5.74) is 6.99. The fourth-order valence-electron chi connectivity index (χ4n) is 2.70. The number of benzene rings is 2. The molecule has 0 radical (unpaired) electrons. The van der Waals surface area contributed by atoms with Gasteiger partial charge in [-0.05, 0) is 62.2 Å². The van der Waals surface area contributed by atoms with E-state index < -0.39 is 5.41 Å². The number of carbonyl (C=O) groups is 1. The first-order valence-electron chi connectivity index (χ1n) is 7.86. The molecule has 4 heteroatoms. The molecule has 2 aromatic rings. The van der Waals surface area contributed by atoms with Gasteiger partial charge >= 0.3 is 0 Å².